The van der Waals surface area contributed by atoms with Crippen molar-refractivity contribution in [3.8, 4) is 6.07 Å². The van der Waals surface area contributed by atoms with Crippen LogP contribution in [-0.2, 0) is 6.54 Å². The monoisotopic (exact) mass is 257 g/mol. The first-order valence-electron chi connectivity index (χ1n) is 5.78. The molecule has 1 aromatic carbocycles. The van der Waals surface area contributed by atoms with E-state index >= 15 is 0 Å². The minimum Gasteiger partial charge on any atom is -0.379 e. The molecule has 0 aliphatic rings. The Morgan fingerprint density at radius 3 is 2.72 bits per heavy atom. The fraction of sp³-hybridized carbons (Fsp3) is 0.286. The summed E-state index contributed by atoms with van der Waals surface area (Å²) in [5.41, 5.74) is 3.68. The van der Waals surface area contributed by atoms with Gasteiger partial charge in [-0.2, -0.15) is 5.26 Å². The molecule has 0 fully saturated rings. The van der Waals surface area contributed by atoms with Gasteiger partial charge in [-0.1, -0.05) is 12.1 Å². The van der Waals surface area contributed by atoms with Crippen LogP contribution < -0.4 is 5.32 Å². The van der Waals surface area contributed by atoms with E-state index in [2.05, 4.69) is 16.4 Å². The molecule has 0 spiro atoms. The van der Waals surface area contributed by atoms with Crippen molar-refractivity contribution in [2.24, 2.45) is 0 Å². The Morgan fingerprint density at radius 2 is 2.11 bits per heavy atom. The van der Waals surface area contributed by atoms with Crippen LogP contribution in [0.25, 0.3) is 0 Å². The molecule has 0 bridgehead atoms. The van der Waals surface area contributed by atoms with E-state index in [1.807, 2.05) is 39.0 Å². The van der Waals surface area contributed by atoms with Gasteiger partial charge in [-0.3, -0.25) is 0 Å². The largest absolute Gasteiger partial charge is 0.379 e. The minimum atomic E-state index is 0.718. The number of benzene rings is 1. The molecule has 0 saturated carbocycles. The van der Waals surface area contributed by atoms with E-state index in [0.717, 1.165) is 34.1 Å². The number of anilines is 1. The molecular weight excluding hydrogens is 242 g/mol. The van der Waals surface area contributed by atoms with Crippen LogP contribution in [0.4, 0.5) is 5.69 Å². The summed E-state index contributed by atoms with van der Waals surface area (Å²) >= 11 is 1.69. The lowest BCUT2D eigenvalue weighted by Crippen LogP contribution is -2.02. The number of hydrogen-bond donors (Lipinski definition) is 1. The second-order valence-corrected chi connectivity index (χ2v) is 5.49. The highest BCUT2D eigenvalue weighted by Crippen LogP contribution is 2.22. The predicted octanol–water partition coefficient (Wildman–Crippen LogP) is 3.55. The molecule has 4 heteroatoms. The van der Waals surface area contributed by atoms with Gasteiger partial charge in [0.05, 0.1) is 28.5 Å². The number of rotatable bonds is 3. The quantitative estimate of drug-likeness (QED) is 0.914. The van der Waals surface area contributed by atoms with Gasteiger partial charge >= 0.3 is 0 Å². The molecule has 1 N–H and O–H groups in total. The van der Waals surface area contributed by atoms with Gasteiger partial charge in [0.2, 0.25) is 0 Å². The van der Waals surface area contributed by atoms with Crippen LogP contribution in [0.15, 0.2) is 18.2 Å². The Balaban J connectivity index is 2.19. The zero-order chi connectivity index (χ0) is 13.1. The van der Waals surface area contributed by atoms with Gasteiger partial charge in [-0.05, 0) is 32.4 Å². The standard InChI is InChI=1S/C14H15N3S/c1-9-5-4-6-13(12(9)7-15)16-8-14-10(2)17-11(3)18-14/h4-6,16H,8H2,1-3H3. The van der Waals surface area contributed by atoms with Crippen LogP contribution in [0.2, 0.25) is 0 Å². The summed E-state index contributed by atoms with van der Waals surface area (Å²) < 4.78 is 0. The van der Waals surface area contributed by atoms with Gasteiger partial charge < -0.3 is 5.32 Å². The average molecular weight is 257 g/mol. The normalized spacial score (nSPS) is 10.1. The van der Waals surface area contributed by atoms with Crippen molar-refractivity contribution in [3.63, 3.8) is 0 Å². The average Bonchev–Trinajstić information content (AvgIpc) is 2.65. The van der Waals surface area contributed by atoms with Crippen molar-refractivity contribution in [1.82, 2.24) is 4.98 Å². The van der Waals surface area contributed by atoms with E-state index in [9.17, 15) is 0 Å². The molecule has 0 atom stereocenters. The summed E-state index contributed by atoms with van der Waals surface area (Å²) in [6.45, 7) is 6.69. The third-order valence-corrected chi connectivity index (χ3v) is 3.90. The molecule has 0 aliphatic heterocycles. The van der Waals surface area contributed by atoms with E-state index in [0.29, 0.717) is 0 Å². The molecule has 1 aromatic heterocycles. The number of aromatic nitrogens is 1. The lowest BCUT2D eigenvalue weighted by molar-refractivity contribution is 1.10. The van der Waals surface area contributed by atoms with E-state index in [4.69, 9.17) is 5.26 Å². The Hall–Kier alpha value is -1.86. The number of nitriles is 1. The van der Waals surface area contributed by atoms with Gasteiger partial charge in [-0.15, -0.1) is 11.3 Å². The zero-order valence-corrected chi connectivity index (χ0v) is 11.6. The smallest absolute Gasteiger partial charge is 0.102 e. The van der Waals surface area contributed by atoms with Gasteiger partial charge in [0.15, 0.2) is 0 Å². The van der Waals surface area contributed by atoms with Gasteiger partial charge in [0, 0.05) is 4.88 Å². The summed E-state index contributed by atoms with van der Waals surface area (Å²) in [7, 11) is 0. The molecule has 0 radical (unpaired) electrons. The Labute approximate surface area is 111 Å². The Bertz CT molecular complexity index is 608. The second-order valence-electron chi connectivity index (χ2n) is 4.20. The van der Waals surface area contributed by atoms with Crippen molar-refractivity contribution >= 4 is 17.0 Å². The summed E-state index contributed by atoms with van der Waals surface area (Å²) in [6, 6.07) is 8.10. The molecule has 3 nitrogen and oxygen atoms in total. The van der Waals surface area contributed by atoms with E-state index in [1.54, 1.807) is 11.3 Å². The molecule has 18 heavy (non-hydrogen) atoms. The lowest BCUT2D eigenvalue weighted by Gasteiger charge is -2.09. The number of thiazole rings is 1. The molecule has 0 amide bonds. The molecule has 2 aromatic rings. The third-order valence-electron chi connectivity index (χ3n) is 2.82. The van der Waals surface area contributed by atoms with Crippen LogP contribution in [0.3, 0.4) is 0 Å². The highest BCUT2D eigenvalue weighted by atomic mass is 32.1. The van der Waals surface area contributed by atoms with Crippen LogP contribution in [0, 0.1) is 32.1 Å². The molecule has 92 valence electrons. The van der Waals surface area contributed by atoms with Crippen LogP contribution in [0.1, 0.15) is 26.7 Å². The minimum absolute atomic E-state index is 0.718. The van der Waals surface area contributed by atoms with Gasteiger partial charge in [0.1, 0.15) is 6.07 Å². The second kappa shape index (κ2) is 5.19. The van der Waals surface area contributed by atoms with Crippen molar-refractivity contribution < 1.29 is 0 Å². The summed E-state index contributed by atoms with van der Waals surface area (Å²) in [4.78, 5) is 5.62. The zero-order valence-electron chi connectivity index (χ0n) is 10.7. The van der Waals surface area contributed by atoms with Crippen molar-refractivity contribution in [2.75, 3.05) is 5.32 Å². The third kappa shape index (κ3) is 2.52. The highest BCUT2D eigenvalue weighted by molar-refractivity contribution is 7.11. The fourth-order valence-corrected chi connectivity index (χ4v) is 2.75. The van der Waals surface area contributed by atoms with Crippen LogP contribution >= 0.6 is 11.3 Å². The van der Waals surface area contributed by atoms with Crippen molar-refractivity contribution in [1.29, 1.82) is 5.26 Å². The summed E-state index contributed by atoms with van der Waals surface area (Å²) in [5.74, 6) is 0. The van der Waals surface area contributed by atoms with Gasteiger partial charge in [0.25, 0.3) is 0 Å². The number of nitrogens with zero attached hydrogens (tertiary/aromatic N) is 2. The van der Waals surface area contributed by atoms with Crippen LogP contribution in [0.5, 0.6) is 0 Å². The van der Waals surface area contributed by atoms with E-state index in [-0.39, 0.29) is 0 Å². The molecular formula is C14H15N3S. The number of hydrogen-bond acceptors (Lipinski definition) is 4. The van der Waals surface area contributed by atoms with E-state index < -0.39 is 0 Å². The molecule has 1 heterocycles. The maximum atomic E-state index is 9.16. The summed E-state index contributed by atoms with van der Waals surface area (Å²) in [5, 5.41) is 13.6. The topological polar surface area (TPSA) is 48.7 Å². The molecule has 0 aliphatic carbocycles. The fourth-order valence-electron chi connectivity index (χ4n) is 1.88. The lowest BCUT2D eigenvalue weighted by atomic mass is 10.1. The molecule has 0 saturated heterocycles. The SMILES string of the molecule is Cc1nc(C)c(CNc2cccc(C)c2C#N)s1. The van der Waals surface area contributed by atoms with Gasteiger partial charge in [-0.25, -0.2) is 4.98 Å². The Morgan fingerprint density at radius 1 is 1.33 bits per heavy atom. The van der Waals surface area contributed by atoms with E-state index in [1.165, 1.54) is 4.88 Å². The predicted molar refractivity (Wildman–Crippen MR) is 74.8 cm³/mol. The summed E-state index contributed by atoms with van der Waals surface area (Å²) in [6.07, 6.45) is 0. The maximum absolute atomic E-state index is 9.16. The van der Waals surface area contributed by atoms with Crippen molar-refractivity contribution in [3.05, 3.63) is 44.9 Å². The first-order valence-corrected chi connectivity index (χ1v) is 6.60. The number of nitrogens with one attached hydrogen (secondary N) is 1. The Kier molecular flexibility index (Phi) is 3.63. The maximum Gasteiger partial charge on any atom is 0.102 e. The highest BCUT2D eigenvalue weighted by Gasteiger charge is 2.07. The molecule has 0 unspecified atom stereocenters. The van der Waals surface area contributed by atoms with Crippen LogP contribution in [-0.4, -0.2) is 4.98 Å². The number of aryl methyl sites for hydroxylation is 3. The first-order chi connectivity index (χ1) is 8.61. The first kappa shape index (κ1) is 12.6. The molecule has 2 rings (SSSR count). The van der Waals surface area contributed by atoms with Crippen molar-refractivity contribution in [2.45, 2.75) is 27.3 Å².